The summed E-state index contributed by atoms with van der Waals surface area (Å²) in [5.41, 5.74) is 0. The van der Waals surface area contributed by atoms with E-state index in [1.165, 1.54) is 11.0 Å². The topological polar surface area (TPSA) is 89.4 Å². The predicted octanol–water partition coefficient (Wildman–Crippen LogP) is -0.819. The number of nitrogens with one attached hydrogen (secondary N) is 1. The highest BCUT2D eigenvalue weighted by Gasteiger charge is 2.44. The Labute approximate surface area is 122 Å². The van der Waals surface area contributed by atoms with Crippen LogP contribution >= 0.6 is 0 Å². The fraction of sp³-hybridized carbons (Fsp3) is 0.692. The van der Waals surface area contributed by atoms with Gasteiger partial charge in [-0.05, 0) is 6.42 Å². The number of aromatic nitrogens is 3. The summed E-state index contributed by atoms with van der Waals surface area (Å²) < 4.78 is 7.39. The third-order valence-corrected chi connectivity index (χ3v) is 4.08. The number of likely N-dealkylation sites (tertiary alicyclic amines) is 1. The second-order valence-electron chi connectivity index (χ2n) is 5.62. The first-order valence-corrected chi connectivity index (χ1v) is 7.07. The van der Waals surface area contributed by atoms with Crippen molar-refractivity contribution >= 4 is 11.8 Å². The molecule has 0 unspecified atom stereocenters. The second kappa shape index (κ2) is 5.44. The molecule has 3 atom stereocenters. The van der Waals surface area contributed by atoms with Gasteiger partial charge in [0.1, 0.15) is 6.33 Å². The number of rotatable bonds is 3. The monoisotopic (exact) mass is 293 g/mol. The number of carbonyl (C=O) groups excluding carboxylic acids is 2. The molecule has 0 aliphatic carbocycles. The van der Waals surface area contributed by atoms with Crippen LogP contribution in [0.1, 0.15) is 23.5 Å². The van der Waals surface area contributed by atoms with Gasteiger partial charge in [-0.25, -0.2) is 4.98 Å². The van der Waals surface area contributed by atoms with Gasteiger partial charge in [0.25, 0.3) is 5.91 Å². The Hall–Kier alpha value is -1.96. The first kappa shape index (κ1) is 14.0. The maximum Gasteiger partial charge on any atom is 0.293 e. The molecule has 0 spiro atoms. The van der Waals surface area contributed by atoms with Gasteiger partial charge in [0.2, 0.25) is 11.7 Å². The van der Waals surface area contributed by atoms with Crippen molar-refractivity contribution in [3.63, 3.8) is 0 Å². The molecule has 2 amide bonds. The highest BCUT2D eigenvalue weighted by Crippen LogP contribution is 2.34. The Bertz CT molecular complexity index is 544. The van der Waals surface area contributed by atoms with E-state index >= 15 is 0 Å². The normalized spacial score (nSPS) is 27.7. The van der Waals surface area contributed by atoms with Gasteiger partial charge in [-0.15, -0.1) is 5.10 Å². The standard InChI is InChI=1S/C13H19N5O3/c1-14-11(19)4-9-3-8-5-18(6-10(8)21-9)13(20)12-15-7-17(2)16-12/h7-10H,3-6H2,1-2H3,(H,14,19)/t8-,9-,10+/m0/s1. The van der Waals surface area contributed by atoms with E-state index in [-0.39, 0.29) is 29.8 Å². The molecule has 1 N–H and O–H groups in total. The lowest BCUT2D eigenvalue weighted by molar-refractivity contribution is -0.123. The zero-order valence-corrected chi connectivity index (χ0v) is 12.2. The Morgan fingerprint density at radius 2 is 2.29 bits per heavy atom. The van der Waals surface area contributed by atoms with Crippen LogP contribution in [0.15, 0.2) is 6.33 Å². The average molecular weight is 293 g/mol. The maximum atomic E-state index is 12.3. The van der Waals surface area contributed by atoms with Crippen LogP contribution in [0.25, 0.3) is 0 Å². The van der Waals surface area contributed by atoms with Gasteiger partial charge < -0.3 is 15.0 Å². The van der Waals surface area contributed by atoms with Gasteiger partial charge in [0.05, 0.1) is 18.6 Å². The van der Waals surface area contributed by atoms with E-state index in [1.807, 2.05) is 0 Å². The second-order valence-corrected chi connectivity index (χ2v) is 5.62. The molecule has 3 heterocycles. The lowest BCUT2D eigenvalue weighted by Crippen LogP contribution is -2.33. The van der Waals surface area contributed by atoms with E-state index in [0.29, 0.717) is 25.4 Å². The van der Waals surface area contributed by atoms with Crippen LogP contribution in [0.4, 0.5) is 0 Å². The van der Waals surface area contributed by atoms with E-state index in [1.54, 1.807) is 19.0 Å². The molecule has 21 heavy (non-hydrogen) atoms. The van der Waals surface area contributed by atoms with E-state index in [0.717, 1.165) is 6.42 Å². The number of hydrogen-bond acceptors (Lipinski definition) is 5. The van der Waals surface area contributed by atoms with Crippen molar-refractivity contribution in [3.8, 4) is 0 Å². The minimum Gasteiger partial charge on any atom is -0.372 e. The minimum atomic E-state index is -0.156. The minimum absolute atomic E-state index is 0.00871. The third-order valence-electron chi connectivity index (χ3n) is 4.08. The Balaban J connectivity index is 1.57. The van der Waals surface area contributed by atoms with Crippen molar-refractivity contribution in [3.05, 3.63) is 12.2 Å². The van der Waals surface area contributed by atoms with Crippen LogP contribution in [0, 0.1) is 5.92 Å². The zero-order chi connectivity index (χ0) is 15.0. The van der Waals surface area contributed by atoms with Crippen LogP contribution in [-0.2, 0) is 16.6 Å². The molecule has 8 heteroatoms. The SMILES string of the molecule is CNC(=O)C[C@@H]1C[C@H]2CN(C(=O)c3ncn(C)n3)C[C@H]2O1. The van der Waals surface area contributed by atoms with E-state index in [2.05, 4.69) is 15.4 Å². The molecule has 0 aromatic carbocycles. The van der Waals surface area contributed by atoms with E-state index < -0.39 is 0 Å². The average Bonchev–Trinajstić information content (AvgIpc) is 3.12. The fourth-order valence-electron chi connectivity index (χ4n) is 3.05. The van der Waals surface area contributed by atoms with Crippen molar-refractivity contribution in [1.29, 1.82) is 0 Å². The number of nitrogens with zero attached hydrogens (tertiary/aromatic N) is 4. The summed E-state index contributed by atoms with van der Waals surface area (Å²) in [6.45, 7) is 1.19. The van der Waals surface area contributed by atoms with Crippen LogP contribution in [0.5, 0.6) is 0 Å². The van der Waals surface area contributed by atoms with Crippen LogP contribution in [-0.4, -0.2) is 63.8 Å². The van der Waals surface area contributed by atoms with Crippen molar-refractivity contribution in [2.75, 3.05) is 20.1 Å². The van der Waals surface area contributed by atoms with E-state index in [9.17, 15) is 9.59 Å². The number of carbonyl (C=O) groups is 2. The van der Waals surface area contributed by atoms with Gasteiger partial charge in [-0.3, -0.25) is 14.3 Å². The van der Waals surface area contributed by atoms with Gasteiger partial charge in [-0.1, -0.05) is 0 Å². The molecule has 1 aromatic heterocycles. The smallest absolute Gasteiger partial charge is 0.293 e. The maximum absolute atomic E-state index is 12.3. The van der Waals surface area contributed by atoms with Crippen LogP contribution < -0.4 is 5.32 Å². The quantitative estimate of drug-likeness (QED) is 0.786. The molecule has 3 rings (SSSR count). The van der Waals surface area contributed by atoms with Crippen LogP contribution in [0.2, 0.25) is 0 Å². The van der Waals surface area contributed by atoms with Crippen molar-refractivity contribution in [1.82, 2.24) is 25.0 Å². The molecule has 0 saturated carbocycles. The Morgan fingerprint density at radius 1 is 1.48 bits per heavy atom. The van der Waals surface area contributed by atoms with Gasteiger partial charge >= 0.3 is 0 Å². The molecular weight excluding hydrogens is 274 g/mol. The molecule has 0 radical (unpaired) electrons. The molecule has 114 valence electrons. The first-order chi connectivity index (χ1) is 10.1. The summed E-state index contributed by atoms with van der Waals surface area (Å²) in [4.78, 5) is 29.4. The lowest BCUT2D eigenvalue weighted by atomic mass is 10.0. The third kappa shape index (κ3) is 2.76. The van der Waals surface area contributed by atoms with Crippen molar-refractivity contribution < 1.29 is 14.3 Å². The molecule has 1 aromatic rings. The fourth-order valence-corrected chi connectivity index (χ4v) is 3.05. The number of fused-ring (bicyclic) bond motifs is 1. The lowest BCUT2D eigenvalue weighted by Gasteiger charge is -2.17. The summed E-state index contributed by atoms with van der Waals surface area (Å²) in [6.07, 6.45) is 2.70. The summed E-state index contributed by atoms with van der Waals surface area (Å²) in [5.74, 6) is 0.355. The molecule has 8 nitrogen and oxygen atoms in total. The summed E-state index contributed by atoms with van der Waals surface area (Å²) >= 11 is 0. The summed E-state index contributed by atoms with van der Waals surface area (Å²) in [7, 11) is 3.35. The Morgan fingerprint density at radius 3 is 2.90 bits per heavy atom. The largest absolute Gasteiger partial charge is 0.372 e. The van der Waals surface area contributed by atoms with Gasteiger partial charge in [-0.2, -0.15) is 0 Å². The summed E-state index contributed by atoms with van der Waals surface area (Å²) in [5, 5.41) is 6.64. The molecule has 0 bridgehead atoms. The molecule has 2 fully saturated rings. The molecule has 2 aliphatic heterocycles. The number of ether oxygens (including phenoxy) is 1. The highest BCUT2D eigenvalue weighted by molar-refractivity contribution is 5.90. The van der Waals surface area contributed by atoms with Crippen LogP contribution in [0.3, 0.4) is 0 Å². The highest BCUT2D eigenvalue weighted by atomic mass is 16.5. The zero-order valence-electron chi connectivity index (χ0n) is 12.2. The van der Waals surface area contributed by atoms with Crippen molar-refractivity contribution in [2.24, 2.45) is 13.0 Å². The molecule has 2 aliphatic rings. The van der Waals surface area contributed by atoms with Gasteiger partial charge in [0.15, 0.2) is 0 Å². The first-order valence-electron chi connectivity index (χ1n) is 7.07. The van der Waals surface area contributed by atoms with Gasteiger partial charge in [0, 0.05) is 33.1 Å². The number of amides is 2. The molecular formula is C13H19N5O3. The molecule has 2 saturated heterocycles. The summed E-state index contributed by atoms with van der Waals surface area (Å²) in [6, 6.07) is 0. The predicted molar refractivity (Wildman–Crippen MR) is 72.4 cm³/mol. The number of aryl methyl sites for hydroxylation is 1. The Kier molecular flexibility index (Phi) is 3.62. The number of hydrogen-bond donors (Lipinski definition) is 1. The van der Waals surface area contributed by atoms with E-state index in [4.69, 9.17) is 4.74 Å². The van der Waals surface area contributed by atoms with Crippen molar-refractivity contribution in [2.45, 2.75) is 25.0 Å².